The van der Waals surface area contributed by atoms with Crippen LogP contribution in [0.2, 0.25) is 5.02 Å². The molecule has 7 atom stereocenters. The van der Waals surface area contributed by atoms with Crippen LogP contribution < -0.4 is 14.5 Å². The largest absolute Gasteiger partial charge is 0.494 e. The van der Waals surface area contributed by atoms with E-state index in [0.717, 1.165) is 0 Å². The van der Waals surface area contributed by atoms with Crippen LogP contribution in [0.5, 0.6) is 5.75 Å². The molecule has 2 unspecified atom stereocenters. The van der Waals surface area contributed by atoms with Crippen molar-refractivity contribution in [2.24, 2.45) is 17.8 Å². The van der Waals surface area contributed by atoms with Crippen LogP contribution in [0.4, 0.5) is 11.4 Å². The second-order valence-corrected chi connectivity index (χ2v) is 13.5. The number of amides is 3. The van der Waals surface area contributed by atoms with E-state index in [9.17, 15) is 14.7 Å². The molecule has 0 saturated carbocycles. The summed E-state index contributed by atoms with van der Waals surface area (Å²) < 4.78 is 12.7. The van der Waals surface area contributed by atoms with Gasteiger partial charge in [-0.2, -0.15) is 0 Å². The summed E-state index contributed by atoms with van der Waals surface area (Å²) >= 11 is 6.20. The molecule has 2 aromatic rings. The van der Waals surface area contributed by atoms with E-state index in [1.165, 1.54) is 0 Å². The molecule has 2 aromatic carbocycles. The van der Waals surface area contributed by atoms with E-state index in [1.54, 1.807) is 51.1 Å². The zero-order chi connectivity index (χ0) is 34.8. The van der Waals surface area contributed by atoms with Gasteiger partial charge in [0.15, 0.2) is 0 Å². The number of rotatable bonds is 15. The highest BCUT2D eigenvalue weighted by Crippen LogP contribution is 2.65. The minimum atomic E-state index is -1.27. The number of nitrogens with zero attached hydrogens (tertiary/aromatic N) is 3. The maximum atomic E-state index is 15.0. The molecule has 3 amide bonds. The van der Waals surface area contributed by atoms with Gasteiger partial charge in [0.25, 0.3) is 5.91 Å². The monoisotopic (exact) mass is 677 g/mol. The molecule has 10 heteroatoms. The van der Waals surface area contributed by atoms with Crippen LogP contribution in [0, 0.1) is 17.8 Å². The maximum Gasteiger partial charge on any atom is 0.253 e. The first kappa shape index (κ1) is 35.6. The number of ether oxygens (including phenoxy) is 2. The average molecular weight is 678 g/mol. The molecule has 0 aliphatic carbocycles. The zero-order valence-electron chi connectivity index (χ0n) is 28.4. The van der Waals surface area contributed by atoms with Crippen molar-refractivity contribution in [3.8, 4) is 5.75 Å². The van der Waals surface area contributed by atoms with E-state index in [0.29, 0.717) is 54.4 Å². The van der Waals surface area contributed by atoms with Gasteiger partial charge in [0.2, 0.25) is 11.8 Å². The normalized spacial score (nSPS) is 26.9. The fraction of sp³-hybridized carbons (Fsp3) is 0.500. The number of aliphatic hydroxyl groups excluding tert-OH is 1. The van der Waals surface area contributed by atoms with Gasteiger partial charge in [-0.05, 0) is 80.6 Å². The summed E-state index contributed by atoms with van der Waals surface area (Å²) in [4.78, 5) is 49.7. The van der Waals surface area contributed by atoms with E-state index < -0.39 is 35.1 Å². The standard InChI is InChI=1S/C38H48ClN3O6/c1-7-22-40(28-16-18-29(19-17-28)47-11-5)34(44)31-32-35(45)42(30(24-43)25(6)9-3)33(38(32)21-20-37(31,10-4)48-38)36(46)41(23-8-2)27-14-12-26(39)13-15-27/h7-8,12-19,25,30-33,43H,1-2,9-11,20-24H2,3-6H3/t25-,30-,31+,32-,33?,37-,38?/m0/s1. The van der Waals surface area contributed by atoms with Crippen molar-refractivity contribution in [2.45, 2.75) is 76.7 Å². The number of aliphatic hydroxyl groups is 1. The second-order valence-electron chi connectivity index (χ2n) is 13.1. The SMILES string of the molecule is C=CCN(C(=O)C1N([C@@H](CO)[C@@H](C)CC)C(=O)[C@@H]2[C@H](C(=O)N(CC=C)c3ccc(OCC)cc3)[C@]3(CC)CCC12O3)c1ccc(Cl)cc1. The molecule has 2 bridgehead atoms. The first-order valence-electron chi connectivity index (χ1n) is 17.0. The van der Waals surface area contributed by atoms with Gasteiger partial charge in [-0.15, -0.1) is 13.2 Å². The van der Waals surface area contributed by atoms with Gasteiger partial charge in [-0.3, -0.25) is 14.4 Å². The Morgan fingerprint density at radius 2 is 1.60 bits per heavy atom. The summed E-state index contributed by atoms with van der Waals surface area (Å²) in [6.45, 7) is 16.2. The zero-order valence-corrected chi connectivity index (χ0v) is 29.2. The lowest BCUT2D eigenvalue weighted by Gasteiger charge is -2.41. The first-order valence-corrected chi connectivity index (χ1v) is 17.4. The van der Waals surface area contributed by atoms with Crippen molar-refractivity contribution in [3.05, 3.63) is 78.9 Å². The number of benzene rings is 2. The number of carbonyl (C=O) groups excluding carboxylic acids is 3. The first-order chi connectivity index (χ1) is 23.1. The molecule has 1 N–H and O–H groups in total. The Hall–Kier alpha value is -3.66. The highest BCUT2D eigenvalue weighted by Gasteiger charge is 2.79. The quantitative estimate of drug-likeness (QED) is 0.231. The molecule has 1 spiro atoms. The third-order valence-electron chi connectivity index (χ3n) is 10.7. The Kier molecular flexibility index (Phi) is 10.7. The Bertz CT molecular complexity index is 1520. The summed E-state index contributed by atoms with van der Waals surface area (Å²) in [6, 6.07) is 12.5. The van der Waals surface area contributed by atoms with Gasteiger partial charge in [0.05, 0.1) is 36.7 Å². The van der Waals surface area contributed by atoms with Gasteiger partial charge in [-0.25, -0.2) is 0 Å². The van der Waals surface area contributed by atoms with Gasteiger partial charge in [-0.1, -0.05) is 50.9 Å². The number of fused-ring (bicyclic) bond motifs is 1. The van der Waals surface area contributed by atoms with Gasteiger partial charge < -0.3 is 29.3 Å². The van der Waals surface area contributed by atoms with Crippen molar-refractivity contribution in [1.82, 2.24) is 4.90 Å². The molecule has 0 aromatic heterocycles. The summed E-state index contributed by atoms with van der Waals surface area (Å²) in [5.41, 5.74) is -0.968. The van der Waals surface area contributed by atoms with Crippen LogP contribution >= 0.6 is 11.6 Å². The summed E-state index contributed by atoms with van der Waals surface area (Å²) in [7, 11) is 0. The van der Waals surface area contributed by atoms with E-state index in [-0.39, 0.29) is 43.3 Å². The van der Waals surface area contributed by atoms with Gasteiger partial charge in [0.1, 0.15) is 17.4 Å². The van der Waals surface area contributed by atoms with Crippen molar-refractivity contribution in [1.29, 1.82) is 0 Å². The minimum absolute atomic E-state index is 0.125. The van der Waals surface area contributed by atoms with Crippen molar-refractivity contribution < 1.29 is 29.0 Å². The average Bonchev–Trinajstić information content (AvgIpc) is 3.70. The van der Waals surface area contributed by atoms with E-state index >= 15 is 4.79 Å². The summed E-state index contributed by atoms with van der Waals surface area (Å²) in [5.74, 6) is -2.14. The van der Waals surface area contributed by atoms with Crippen molar-refractivity contribution in [3.63, 3.8) is 0 Å². The molecule has 48 heavy (non-hydrogen) atoms. The Labute approximate surface area is 289 Å². The van der Waals surface area contributed by atoms with Crippen molar-refractivity contribution >= 4 is 40.7 Å². The van der Waals surface area contributed by atoms with Crippen LogP contribution in [0.3, 0.4) is 0 Å². The third-order valence-corrected chi connectivity index (χ3v) is 11.0. The summed E-state index contributed by atoms with van der Waals surface area (Å²) in [6.07, 6.45) is 5.41. The van der Waals surface area contributed by atoms with E-state index in [4.69, 9.17) is 21.1 Å². The predicted octanol–water partition coefficient (Wildman–Crippen LogP) is 6.04. The number of hydrogen-bond donors (Lipinski definition) is 1. The maximum absolute atomic E-state index is 15.0. The molecular weight excluding hydrogens is 630 g/mol. The van der Waals surface area contributed by atoms with Gasteiger partial charge >= 0.3 is 0 Å². The lowest BCUT2D eigenvalue weighted by molar-refractivity contribution is -0.150. The highest BCUT2D eigenvalue weighted by molar-refractivity contribution is 6.30. The molecule has 9 nitrogen and oxygen atoms in total. The number of hydrogen-bond acceptors (Lipinski definition) is 6. The Morgan fingerprint density at radius 3 is 2.12 bits per heavy atom. The molecule has 0 radical (unpaired) electrons. The second kappa shape index (κ2) is 14.4. The van der Waals surface area contributed by atoms with Crippen molar-refractivity contribution in [2.75, 3.05) is 36.1 Å². The van der Waals surface area contributed by atoms with Gasteiger partial charge in [0, 0.05) is 29.5 Å². The molecule has 258 valence electrons. The molecular formula is C38H48ClN3O6. The molecule has 3 fully saturated rings. The number of carbonyl (C=O) groups is 3. The smallest absolute Gasteiger partial charge is 0.253 e. The molecule has 3 saturated heterocycles. The lowest BCUT2D eigenvalue weighted by Crippen LogP contribution is -2.60. The molecule has 3 heterocycles. The van der Waals surface area contributed by atoms with Crippen LogP contribution in [-0.2, 0) is 19.1 Å². The fourth-order valence-electron chi connectivity index (χ4n) is 8.21. The molecule has 3 aliphatic heterocycles. The van der Waals surface area contributed by atoms with Crippen LogP contribution in [0.1, 0.15) is 53.4 Å². The number of likely N-dealkylation sites (tertiary alicyclic amines) is 1. The summed E-state index contributed by atoms with van der Waals surface area (Å²) in [5, 5.41) is 11.3. The minimum Gasteiger partial charge on any atom is -0.494 e. The number of halogens is 1. The van der Waals surface area contributed by atoms with E-state index in [2.05, 4.69) is 13.2 Å². The highest BCUT2D eigenvalue weighted by atomic mass is 35.5. The molecule has 3 aliphatic rings. The number of anilines is 2. The fourth-order valence-corrected chi connectivity index (χ4v) is 8.34. The predicted molar refractivity (Wildman–Crippen MR) is 188 cm³/mol. The van der Waals surface area contributed by atoms with E-state index in [1.807, 2.05) is 52.0 Å². The molecule has 5 rings (SSSR count). The Balaban J connectivity index is 1.64. The van der Waals surface area contributed by atoms with Crippen LogP contribution in [0.15, 0.2) is 73.8 Å². The third kappa shape index (κ3) is 5.84. The Morgan fingerprint density at radius 1 is 1.02 bits per heavy atom. The lowest BCUT2D eigenvalue weighted by atomic mass is 9.64. The van der Waals surface area contributed by atoms with Crippen LogP contribution in [0.25, 0.3) is 0 Å². The van der Waals surface area contributed by atoms with Crippen LogP contribution in [-0.4, -0.2) is 77.3 Å². The topological polar surface area (TPSA) is 99.6 Å².